The Morgan fingerprint density at radius 1 is 1.29 bits per heavy atom. The Morgan fingerprint density at radius 2 is 1.79 bits per heavy atom. The van der Waals surface area contributed by atoms with Gasteiger partial charge in [0.1, 0.15) is 6.04 Å². The monoisotopic (exact) mass is 199 g/mol. The van der Waals surface area contributed by atoms with Crippen LogP contribution in [-0.4, -0.2) is 24.0 Å². The van der Waals surface area contributed by atoms with Gasteiger partial charge in [0.25, 0.3) is 0 Å². The SMILES string of the molecule is C=C(C)C(=O)N[C@@H](C)C(=O)OC(C)C. The molecule has 80 valence electrons. The Bertz CT molecular complexity index is 246. The number of hydrogen-bond acceptors (Lipinski definition) is 3. The largest absolute Gasteiger partial charge is 0.461 e. The predicted molar refractivity (Wildman–Crippen MR) is 53.6 cm³/mol. The van der Waals surface area contributed by atoms with Crippen molar-refractivity contribution in [2.75, 3.05) is 0 Å². The van der Waals surface area contributed by atoms with E-state index in [-0.39, 0.29) is 12.0 Å². The number of carbonyl (C=O) groups excluding carboxylic acids is 2. The van der Waals surface area contributed by atoms with E-state index in [2.05, 4.69) is 11.9 Å². The lowest BCUT2D eigenvalue weighted by molar-refractivity contribution is -0.150. The maximum atomic E-state index is 11.2. The molecule has 0 rings (SSSR count). The zero-order chi connectivity index (χ0) is 11.3. The highest BCUT2D eigenvalue weighted by atomic mass is 16.5. The van der Waals surface area contributed by atoms with E-state index in [1.807, 2.05) is 0 Å². The molecule has 0 aliphatic carbocycles. The fraction of sp³-hybridized carbons (Fsp3) is 0.600. The van der Waals surface area contributed by atoms with Crippen LogP contribution in [0.5, 0.6) is 0 Å². The smallest absolute Gasteiger partial charge is 0.328 e. The first-order valence-electron chi connectivity index (χ1n) is 4.51. The first-order valence-corrected chi connectivity index (χ1v) is 4.51. The summed E-state index contributed by atoms with van der Waals surface area (Å²) in [5.74, 6) is -0.771. The highest BCUT2D eigenvalue weighted by Gasteiger charge is 2.17. The number of esters is 1. The van der Waals surface area contributed by atoms with Crippen LogP contribution in [0.1, 0.15) is 27.7 Å². The molecule has 0 aliphatic heterocycles. The molecular formula is C10H17NO3. The second-order valence-corrected chi connectivity index (χ2v) is 3.46. The third-order valence-corrected chi connectivity index (χ3v) is 1.44. The number of hydrogen-bond donors (Lipinski definition) is 1. The second-order valence-electron chi connectivity index (χ2n) is 3.46. The fourth-order valence-corrected chi connectivity index (χ4v) is 0.713. The number of amides is 1. The lowest BCUT2D eigenvalue weighted by atomic mass is 10.3. The topological polar surface area (TPSA) is 55.4 Å². The molecule has 4 nitrogen and oxygen atoms in total. The lowest BCUT2D eigenvalue weighted by Gasteiger charge is -2.15. The summed E-state index contributed by atoms with van der Waals surface area (Å²) in [7, 11) is 0. The molecule has 0 aromatic carbocycles. The number of nitrogens with one attached hydrogen (secondary N) is 1. The van der Waals surface area contributed by atoms with Gasteiger partial charge in [-0.05, 0) is 27.7 Å². The summed E-state index contributed by atoms with van der Waals surface area (Å²) in [6.07, 6.45) is -0.174. The van der Waals surface area contributed by atoms with Gasteiger partial charge in [-0.3, -0.25) is 4.79 Å². The van der Waals surface area contributed by atoms with Gasteiger partial charge in [0.2, 0.25) is 5.91 Å². The van der Waals surface area contributed by atoms with Crippen LogP contribution in [0.2, 0.25) is 0 Å². The van der Waals surface area contributed by atoms with E-state index in [0.717, 1.165) is 0 Å². The fourth-order valence-electron chi connectivity index (χ4n) is 0.713. The van der Waals surface area contributed by atoms with Gasteiger partial charge < -0.3 is 10.1 Å². The second kappa shape index (κ2) is 5.42. The zero-order valence-electron chi connectivity index (χ0n) is 9.09. The first-order chi connectivity index (χ1) is 6.34. The Labute approximate surface area is 84.3 Å². The summed E-state index contributed by atoms with van der Waals surface area (Å²) in [6, 6.07) is -0.637. The Kier molecular flexibility index (Phi) is 4.91. The van der Waals surface area contributed by atoms with Gasteiger partial charge in [-0.15, -0.1) is 0 Å². The van der Waals surface area contributed by atoms with Crippen molar-refractivity contribution in [3.8, 4) is 0 Å². The molecular weight excluding hydrogens is 182 g/mol. The van der Waals surface area contributed by atoms with Crippen LogP contribution >= 0.6 is 0 Å². The van der Waals surface area contributed by atoms with Crippen LogP contribution < -0.4 is 5.32 Å². The molecule has 1 N–H and O–H groups in total. The van der Waals surface area contributed by atoms with Gasteiger partial charge in [-0.25, -0.2) is 4.79 Å². The quantitative estimate of drug-likeness (QED) is 0.543. The number of carbonyl (C=O) groups is 2. The van der Waals surface area contributed by atoms with Crippen molar-refractivity contribution in [1.29, 1.82) is 0 Å². The summed E-state index contributed by atoms with van der Waals surface area (Å²) in [6.45, 7) is 10.1. The van der Waals surface area contributed by atoms with Crippen LogP contribution in [0.15, 0.2) is 12.2 Å². The molecule has 14 heavy (non-hydrogen) atoms. The van der Waals surface area contributed by atoms with E-state index in [1.165, 1.54) is 0 Å². The van der Waals surface area contributed by atoms with Crippen molar-refractivity contribution in [2.45, 2.75) is 39.8 Å². The van der Waals surface area contributed by atoms with Gasteiger partial charge in [-0.2, -0.15) is 0 Å². The van der Waals surface area contributed by atoms with Gasteiger partial charge in [0.05, 0.1) is 6.10 Å². The maximum absolute atomic E-state index is 11.2. The van der Waals surface area contributed by atoms with Crippen LogP contribution in [0.4, 0.5) is 0 Å². The normalized spacial score (nSPS) is 12.1. The lowest BCUT2D eigenvalue weighted by Crippen LogP contribution is -2.40. The van der Waals surface area contributed by atoms with Crippen LogP contribution in [0, 0.1) is 0 Å². The van der Waals surface area contributed by atoms with E-state index in [9.17, 15) is 9.59 Å². The molecule has 4 heteroatoms. The standard InChI is InChI=1S/C10H17NO3/c1-6(2)9(12)11-8(5)10(13)14-7(3)4/h7-8H,1H2,2-5H3,(H,11,12)/t8-/m0/s1. The minimum absolute atomic E-state index is 0.174. The first kappa shape index (κ1) is 12.7. The van der Waals surface area contributed by atoms with Gasteiger partial charge >= 0.3 is 5.97 Å². The molecule has 0 fully saturated rings. The summed E-state index contributed by atoms with van der Waals surface area (Å²) in [4.78, 5) is 22.4. The van der Waals surface area contributed by atoms with Crippen molar-refractivity contribution in [3.63, 3.8) is 0 Å². The van der Waals surface area contributed by atoms with E-state index in [1.54, 1.807) is 27.7 Å². The van der Waals surface area contributed by atoms with Gasteiger partial charge in [0.15, 0.2) is 0 Å². The summed E-state index contributed by atoms with van der Waals surface area (Å²) in [5.41, 5.74) is 0.370. The zero-order valence-corrected chi connectivity index (χ0v) is 9.09. The van der Waals surface area contributed by atoms with E-state index >= 15 is 0 Å². The van der Waals surface area contributed by atoms with Crippen molar-refractivity contribution < 1.29 is 14.3 Å². The molecule has 0 radical (unpaired) electrons. The molecule has 0 aliphatic rings. The van der Waals surface area contributed by atoms with Crippen LogP contribution in [0.3, 0.4) is 0 Å². The molecule has 0 bridgehead atoms. The molecule has 0 heterocycles. The summed E-state index contributed by atoms with van der Waals surface area (Å²) >= 11 is 0. The highest BCUT2D eigenvalue weighted by molar-refractivity contribution is 5.94. The molecule has 0 spiro atoms. The molecule has 0 saturated heterocycles. The third kappa shape index (κ3) is 4.64. The third-order valence-electron chi connectivity index (χ3n) is 1.44. The van der Waals surface area contributed by atoms with Crippen molar-refractivity contribution >= 4 is 11.9 Å². The predicted octanol–water partition coefficient (Wildman–Crippen LogP) is 1.02. The average Bonchev–Trinajstić information content (AvgIpc) is 2.02. The molecule has 1 atom stereocenters. The number of ether oxygens (including phenoxy) is 1. The Hall–Kier alpha value is -1.32. The van der Waals surface area contributed by atoms with E-state index in [0.29, 0.717) is 5.57 Å². The van der Waals surface area contributed by atoms with Crippen molar-refractivity contribution in [2.24, 2.45) is 0 Å². The van der Waals surface area contributed by atoms with E-state index < -0.39 is 12.0 Å². The average molecular weight is 199 g/mol. The summed E-state index contributed by atoms with van der Waals surface area (Å²) in [5, 5.41) is 2.47. The Morgan fingerprint density at radius 3 is 2.14 bits per heavy atom. The van der Waals surface area contributed by atoms with Gasteiger partial charge in [-0.1, -0.05) is 6.58 Å². The van der Waals surface area contributed by atoms with Crippen LogP contribution in [0.25, 0.3) is 0 Å². The molecule has 0 unspecified atom stereocenters. The van der Waals surface area contributed by atoms with E-state index in [4.69, 9.17) is 4.74 Å². The van der Waals surface area contributed by atoms with Crippen molar-refractivity contribution in [3.05, 3.63) is 12.2 Å². The number of rotatable bonds is 4. The molecule has 0 aromatic heterocycles. The Balaban J connectivity index is 4.08. The highest BCUT2D eigenvalue weighted by Crippen LogP contribution is 1.95. The summed E-state index contributed by atoms with van der Waals surface area (Å²) < 4.78 is 4.91. The molecule has 1 amide bonds. The minimum atomic E-state index is -0.637. The molecule has 0 aromatic rings. The van der Waals surface area contributed by atoms with Gasteiger partial charge in [0, 0.05) is 5.57 Å². The minimum Gasteiger partial charge on any atom is -0.461 e. The van der Waals surface area contributed by atoms with Crippen molar-refractivity contribution in [1.82, 2.24) is 5.32 Å². The molecule has 0 saturated carbocycles. The van der Waals surface area contributed by atoms with Crippen LogP contribution in [-0.2, 0) is 14.3 Å². The maximum Gasteiger partial charge on any atom is 0.328 e.